The fourth-order valence-electron chi connectivity index (χ4n) is 1.82. The minimum absolute atomic E-state index is 0.694. The first kappa shape index (κ1) is 16.8. The molecule has 21 heavy (non-hydrogen) atoms. The lowest BCUT2D eigenvalue weighted by molar-refractivity contribution is 0.199. The Hall–Kier alpha value is -0.520. The van der Waals surface area contributed by atoms with Gasteiger partial charge in [-0.05, 0) is 42.0 Å². The second-order valence-electron chi connectivity index (χ2n) is 4.44. The van der Waals surface area contributed by atoms with E-state index in [0.29, 0.717) is 6.61 Å². The molecule has 2 nitrogen and oxygen atoms in total. The summed E-state index contributed by atoms with van der Waals surface area (Å²) in [6, 6.07) is 14.3. The highest BCUT2D eigenvalue weighted by molar-refractivity contribution is 9.10. The molecule has 0 fully saturated rings. The summed E-state index contributed by atoms with van der Waals surface area (Å²) in [5, 5.41) is 4.14. The van der Waals surface area contributed by atoms with Crippen molar-refractivity contribution in [3.63, 3.8) is 0 Å². The first-order valence-corrected chi connectivity index (χ1v) is 8.60. The topological polar surface area (TPSA) is 21.3 Å². The van der Waals surface area contributed by atoms with Crippen molar-refractivity contribution in [1.82, 2.24) is 5.32 Å². The molecule has 0 aliphatic carbocycles. The number of halogens is 2. The van der Waals surface area contributed by atoms with Crippen LogP contribution in [0.4, 0.5) is 0 Å². The van der Waals surface area contributed by atoms with E-state index in [0.717, 1.165) is 28.1 Å². The molecule has 0 heterocycles. The third kappa shape index (κ3) is 5.31. The van der Waals surface area contributed by atoms with Gasteiger partial charge in [0.1, 0.15) is 0 Å². The van der Waals surface area contributed by atoms with Crippen LogP contribution in [0.3, 0.4) is 0 Å². The maximum Gasteiger partial charge on any atom is 0.0587 e. The third-order valence-corrected chi connectivity index (χ3v) is 4.90. The average molecular weight is 387 g/mol. The van der Waals surface area contributed by atoms with Crippen LogP contribution in [0.5, 0.6) is 0 Å². The Morgan fingerprint density at radius 2 is 1.95 bits per heavy atom. The van der Waals surface area contributed by atoms with Gasteiger partial charge in [0.2, 0.25) is 0 Å². The predicted octanol–water partition coefficient (Wildman–Crippen LogP) is 4.99. The van der Waals surface area contributed by atoms with E-state index in [-0.39, 0.29) is 0 Å². The van der Waals surface area contributed by atoms with Crippen LogP contribution in [0.2, 0.25) is 5.02 Å². The molecule has 0 aromatic heterocycles. The average Bonchev–Trinajstić information content (AvgIpc) is 2.48. The Kier molecular flexibility index (Phi) is 7.07. The molecule has 1 N–H and O–H groups in total. The van der Waals surface area contributed by atoms with Crippen molar-refractivity contribution in [3.8, 4) is 0 Å². The molecule has 2 aromatic rings. The number of ether oxygens (including phenoxy) is 1. The minimum atomic E-state index is 0.694. The van der Waals surface area contributed by atoms with Gasteiger partial charge in [0.15, 0.2) is 0 Å². The predicted molar refractivity (Wildman–Crippen MR) is 93.3 cm³/mol. The molecule has 0 aliphatic rings. The molecule has 0 unspecified atom stereocenters. The van der Waals surface area contributed by atoms with Crippen molar-refractivity contribution in [2.75, 3.05) is 20.3 Å². The van der Waals surface area contributed by atoms with Gasteiger partial charge in [-0.15, -0.1) is 0 Å². The summed E-state index contributed by atoms with van der Waals surface area (Å²) in [6.07, 6.45) is 0. The summed E-state index contributed by atoms with van der Waals surface area (Å²) in [5.74, 6) is 0. The Morgan fingerprint density at radius 3 is 2.67 bits per heavy atom. The Labute approximate surface area is 143 Å². The smallest absolute Gasteiger partial charge is 0.0587 e. The number of hydrogen-bond acceptors (Lipinski definition) is 3. The maximum atomic E-state index is 6.34. The Balaban J connectivity index is 2.11. The van der Waals surface area contributed by atoms with Crippen molar-refractivity contribution in [2.45, 2.75) is 16.3 Å². The zero-order chi connectivity index (χ0) is 15.1. The standard InChI is InChI=1S/C16H17BrClNOS/c1-20-10-9-19-11-14-15(18)3-2-4-16(14)21-13-7-5-12(17)6-8-13/h2-8,19H,9-11H2,1H3. The van der Waals surface area contributed by atoms with Crippen LogP contribution >= 0.6 is 39.3 Å². The second kappa shape index (κ2) is 8.81. The number of rotatable bonds is 7. The fraction of sp³-hybridized carbons (Fsp3) is 0.250. The number of hydrogen-bond donors (Lipinski definition) is 1. The zero-order valence-corrected chi connectivity index (χ0v) is 14.9. The molecule has 0 atom stereocenters. The highest BCUT2D eigenvalue weighted by atomic mass is 79.9. The highest BCUT2D eigenvalue weighted by Crippen LogP contribution is 2.34. The molecular weight excluding hydrogens is 370 g/mol. The van der Waals surface area contributed by atoms with Crippen LogP contribution in [0.25, 0.3) is 0 Å². The van der Waals surface area contributed by atoms with E-state index < -0.39 is 0 Å². The molecule has 2 rings (SSSR count). The lowest BCUT2D eigenvalue weighted by Gasteiger charge is -2.12. The van der Waals surface area contributed by atoms with E-state index in [4.69, 9.17) is 16.3 Å². The first-order chi connectivity index (χ1) is 10.2. The largest absolute Gasteiger partial charge is 0.383 e. The summed E-state index contributed by atoms with van der Waals surface area (Å²) in [4.78, 5) is 2.37. The number of nitrogens with one attached hydrogen (secondary N) is 1. The van der Waals surface area contributed by atoms with E-state index in [1.165, 1.54) is 9.79 Å². The van der Waals surface area contributed by atoms with E-state index in [9.17, 15) is 0 Å². The minimum Gasteiger partial charge on any atom is -0.383 e. The molecule has 0 radical (unpaired) electrons. The Bertz CT molecular complexity index is 577. The summed E-state index contributed by atoms with van der Waals surface area (Å²) >= 11 is 11.5. The molecule has 0 bridgehead atoms. The second-order valence-corrected chi connectivity index (χ2v) is 6.88. The van der Waals surface area contributed by atoms with E-state index in [2.05, 4.69) is 39.4 Å². The van der Waals surface area contributed by atoms with E-state index >= 15 is 0 Å². The summed E-state index contributed by atoms with van der Waals surface area (Å²) in [7, 11) is 1.70. The van der Waals surface area contributed by atoms with Crippen LogP contribution in [-0.2, 0) is 11.3 Å². The zero-order valence-electron chi connectivity index (χ0n) is 11.7. The van der Waals surface area contributed by atoms with Crippen molar-refractivity contribution in [2.24, 2.45) is 0 Å². The van der Waals surface area contributed by atoms with Gasteiger partial charge in [-0.3, -0.25) is 0 Å². The van der Waals surface area contributed by atoms with E-state index in [1.54, 1.807) is 18.9 Å². The molecule has 5 heteroatoms. The molecule has 0 amide bonds. The monoisotopic (exact) mass is 385 g/mol. The van der Waals surface area contributed by atoms with Crippen LogP contribution < -0.4 is 5.32 Å². The fourth-order valence-corrected chi connectivity index (χ4v) is 3.36. The van der Waals surface area contributed by atoms with Crippen LogP contribution in [0.15, 0.2) is 56.7 Å². The van der Waals surface area contributed by atoms with Gasteiger partial charge in [0.05, 0.1) is 6.61 Å². The quantitative estimate of drug-likeness (QED) is 0.677. The lowest BCUT2D eigenvalue weighted by atomic mass is 10.2. The maximum absolute atomic E-state index is 6.34. The molecule has 0 saturated carbocycles. The van der Waals surface area contributed by atoms with Crippen molar-refractivity contribution in [1.29, 1.82) is 0 Å². The van der Waals surface area contributed by atoms with Crippen molar-refractivity contribution < 1.29 is 4.74 Å². The van der Waals surface area contributed by atoms with Gasteiger partial charge in [-0.2, -0.15) is 0 Å². The van der Waals surface area contributed by atoms with Gasteiger partial charge in [0.25, 0.3) is 0 Å². The van der Waals surface area contributed by atoms with Crippen LogP contribution in [0.1, 0.15) is 5.56 Å². The molecule has 2 aromatic carbocycles. The summed E-state index contributed by atoms with van der Waals surface area (Å²) < 4.78 is 6.12. The van der Waals surface area contributed by atoms with Gasteiger partial charge in [0, 0.05) is 39.5 Å². The summed E-state index contributed by atoms with van der Waals surface area (Å²) in [6.45, 7) is 2.24. The molecule has 0 aliphatic heterocycles. The number of benzene rings is 2. The van der Waals surface area contributed by atoms with Gasteiger partial charge in [-0.25, -0.2) is 0 Å². The van der Waals surface area contributed by atoms with Crippen LogP contribution in [0, 0.1) is 0 Å². The molecule has 112 valence electrons. The van der Waals surface area contributed by atoms with Gasteiger partial charge < -0.3 is 10.1 Å². The highest BCUT2D eigenvalue weighted by Gasteiger charge is 2.08. The number of methoxy groups -OCH3 is 1. The molecule has 0 saturated heterocycles. The third-order valence-electron chi connectivity index (χ3n) is 2.90. The van der Waals surface area contributed by atoms with Gasteiger partial charge in [-0.1, -0.05) is 45.4 Å². The normalized spacial score (nSPS) is 10.8. The molecule has 0 spiro atoms. The molecular formula is C16H17BrClNOS. The van der Waals surface area contributed by atoms with Crippen molar-refractivity contribution >= 4 is 39.3 Å². The SMILES string of the molecule is COCCNCc1c(Cl)cccc1Sc1ccc(Br)cc1. The van der Waals surface area contributed by atoms with Crippen LogP contribution in [-0.4, -0.2) is 20.3 Å². The summed E-state index contributed by atoms with van der Waals surface area (Å²) in [5.41, 5.74) is 1.13. The van der Waals surface area contributed by atoms with E-state index in [1.807, 2.05) is 24.3 Å². The van der Waals surface area contributed by atoms with Gasteiger partial charge >= 0.3 is 0 Å². The Morgan fingerprint density at radius 1 is 1.19 bits per heavy atom. The first-order valence-electron chi connectivity index (χ1n) is 6.61. The lowest BCUT2D eigenvalue weighted by Crippen LogP contribution is -2.19. The van der Waals surface area contributed by atoms with Crippen molar-refractivity contribution in [3.05, 3.63) is 57.5 Å².